The zero-order chi connectivity index (χ0) is 12.3. The van der Waals surface area contributed by atoms with Crippen molar-refractivity contribution in [2.45, 2.75) is 45.3 Å². The molecule has 3 heteroatoms. The average Bonchev–Trinajstić information content (AvgIpc) is 2.25. The molecule has 2 rings (SSSR count). The van der Waals surface area contributed by atoms with Crippen molar-refractivity contribution in [3.63, 3.8) is 0 Å². The van der Waals surface area contributed by atoms with Crippen LogP contribution >= 0.6 is 0 Å². The summed E-state index contributed by atoms with van der Waals surface area (Å²) in [5.41, 5.74) is 6.87. The molecule has 0 amide bonds. The van der Waals surface area contributed by atoms with E-state index in [1.54, 1.807) is 6.07 Å². The molecule has 17 heavy (non-hydrogen) atoms. The fourth-order valence-electron chi connectivity index (χ4n) is 2.50. The summed E-state index contributed by atoms with van der Waals surface area (Å²) in [7, 11) is 0. The minimum Gasteiger partial charge on any atom is -0.399 e. The van der Waals surface area contributed by atoms with Gasteiger partial charge in [-0.1, -0.05) is 19.8 Å². The van der Waals surface area contributed by atoms with Crippen molar-refractivity contribution in [2.24, 2.45) is 5.92 Å². The number of hydrogen-bond donors (Lipinski definition) is 1. The predicted molar refractivity (Wildman–Crippen MR) is 67.0 cm³/mol. The molecule has 0 aliphatic heterocycles. The molecular weight excluding hydrogens is 217 g/mol. The van der Waals surface area contributed by atoms with E-state index in [2.05, 4.69) is 6.92 Å². The normalized spacial score (nSPS) is 24.8. The van der Waals surface area contributed by atoms with Gasteiger partial charge in [0, 0.05) is 5.69 Å². The third-order valence-electron chi connectivity index (χ3n) is 3.35. The van der Waals surface area contributed by atoms with Gasteiger partial charge in [-0.3, -0.25) is 0 Å². The Hall–Kier alpha value is -1.09. The Kier molecular flexibility index (Phi) is 4.00. The van der Waals surface area contributed by atoms with Crippen LogP contribution in [0.3, 0.4) is 0 Å². The van der Waals surface area contributed by atoms with Crippen LogP contribution in [0.4, 0.5) is 10.1 Å². The van der Waals surface area contributed by atoms with Crippen LogP contribution in [0.15, 0.2) is 18.2 Å². The van der Waals surface area contributed by atoms with Crippen molar-refractivity contribution in [3.8, 4) is 0 Å². The lowest BCUT2D eigenvalue weighted by Gasteiger charge is -2.26. The first-order valence-corrected chi connectivity index (χ1v) is 6.30. The average molecular weight is 237 g/mol. The molecule has 2 atom stereocenters. The van der Waals surface area contributed by atoms with Crippen LogP contribution in [0, 0.1) is 11.7 Å². The van der Waals surface area contributed by atoms with Gasteiger partial charge in [-0.2, -0.15) is 0 Å². The van der Waals surface area contributed by atoms with Crippen LogP contribution in [0.5, 0.6) is 0 Å². The highest BCUT2D eigenvalue weighted by atomic mass is 19.1. The molecular formula is C14H20FNO. The molecule has 2 N–H and O–H groups in total. The molecule has 0 bridgehead atoms. The van der Waals surface area contributed by atoms with Crippen LogP contribution in [0.1, 0.15) is 38.2 Å². The van der Waals surface area contributed by atoms with Gasteiger partial charge in [-0.15, -0.1) is 0 Å². The molecule has 1 aromatic rings. The van der Waals surface area contributed by atoms with Gasteiger partial charge in [-0.25, -0.2) is 4.39 Å². The number of nitrogens with two attached hydrogens (primary N) is 1. The van der Waals surface area contributed by atoms with Crippen molar-refractivity contribution in [2.75, 3.05) is 5.73 Å². The molecule has 2 unspecified atom stereocenters. The minimum atomic E-state index is -0.291. The summed E-state index contributed by atoms with van der Waals surface area (Å²) in [6.45, 7) is 2.72. The second kappa shape index (κ2) is 5.50. The molecule has 0 aromatic heterocycles. The van der Waals surface area contributed by atoms with E-state index in [9.17, 15) is 4.39 Å². The van der Waals surface area contributed by atoms with E-state index in [0.29, 0.717) is 18.4 Å². The lowest BCUT2D eigenvalue weighted by molar-refractivity contribution is 0.00459. The van der Waals surface area contributed by atoms with Crippen molar-refractivity contribution in [1.29, 1.82) is 0 Å². The highest BCUT2D eigenvalue weighted by molar-refractivity contribution is 5.41. The summed E-state index contributed by atoms with van der Waals surface area (Å²) in [4.78, 5) is 0. The van der Waals surface area contributed by atoms with Crippen molar-refractivity contribution < 1.29 is 9.13 Å². The van der Waals surface area contributed by atoms with E-state index in [4.69, 9.17) is 10.5 Å². The summed E-state index contributed by atoms with van der Waals surface area (Å²) >= 11 is 0. The van der Waals surface area contributed by atoms with Gasteiger partial charge in [0.2, 0.25) is 0 Å². The number of rotatable bonds is 3. The highest BCUT2D eigenvalue weighted by Crippen LogP contribution is 2.26. The zero-order valence-corrected chi connectivity index (χ0v) is 10.3. The van der Waals surface area contributed by atoms with E-state index < -0.39 is 0 Å². The van der Waals surface area contributed by atoms with Crippen LogP contribution in [0.25, 0.3) is 0 Å². The van der Waals surface area contributed by atoms with Gasteiger partial charge in [0.1, 0.15) is 5.82 Å². The Labute approximate surface area is 102 Å². The van der Waals surface area contributed by atoms with Gasteiger partial charge in [0.05, 0.1) is 12.7 Å². The van der Waals surface area contributed by atoms with Gasteiger partial charge in [0.25, 0.3) is 0 Å². The van der Waals surface area contributed by atoms with Crippen molar-refractivity contribution >= 4 is 5.69 Å². The summed E-state index contributed by atoms with van der Waals surface area (Å²) in [6.07, 6.45) is 5.09. The Morgan fingerprint density at radius 2 is 2.18 bits per heavy atom. The van der Waals surface area contributed by atoms with E-state index >= 15 is 0 Å². The van der Waals surface area contributed by atoms with Gasteiger partial charge < -0.3 is 10.5 Å². The summed E-state index contributed by atoms with van der Waals surface area (Å²) in [5.74, 6) is 0.451. The fraction of sp³-hybridized carbons (Fsp3) is 0.571. The van der Waals surface area contributed by atoms with Crippen LogP contribution < -0.4 is 5.73 Å². The highest BCUT2D eigenvalue weighted by Gasteiger charge is 2.19. The molecule has 0 saturated heterocycles. The molecule has 0 heterocycles. The lowest BCUT2D eigenvalue weighted by atomic mass is 9.89. The number of halogens is 1. The Morgan fingerprint density at radius 1 is 1.35 bits per heavy atom. The third kappa shape index (κ3) is 3.70. The first-order valence-electron chi connectivity index (χ1n) is 6.30. The van der Waals surface area contributed by atoms with Gasteiger partial charge in [-0.05, 0) is 42.5 Å². The Morgan fingerprint density at radius 3 is 2.88 bits per heavy atom. The van der Waals surface area contributed by atoms with Crippen molar-refractivity contribution in [1.82, 2.24) is 0 Å². The standard InChI is InChI=1S/C14H20FNO/c1-10-3-2-4-14(5-10)17-9-11-6-12(15)8-13(16)7-11/h6-8,10,14H,2-5,9,16H2,1H3. The second-order valence-electron chi connectivity index (χ2n) is 5.10. The molecule has 1 fully saturated rings. The zero-order valence-electron chi connectivity index (χ0n) is 10.3. The second-order valence-corrected chi connectivity index (χ2v) is 5.10. The Bertz CT molecular complexity index is 360. The number of hydrogen-bond acceptors (Lipinski definition) is 2. The smallest absolute Gasteiger partial charge is 0.125 e. The van der Waals surface area contributed by atoms with Crippen LogP contribution in [-0.2, 0) is 11.3 Å². The summed E-state index contributed by atoms with van der Waals surface area (Å²) in [6, 6.07) is 4.59. The molecule has 2 nitrogen and oxygen atoms in total. The predicted octanol–water partition coefficient (Wildman–Crippen LogP) is 3.50. The van der Waals surface area contributed by atoms with E-state index in [1.807, 2.05) is 0 Å². The molecule has 1 aromatic carbocycles. The van der Waals surface area contributed by atoms with Gasteiger partial charge in [0.15, 0.2) is 0 Å². The number of ether oxygens (including phenoxy) is 1. The van der Waals surface area contributed by atoms with Crippen LogP contribution in [-0.4, -0.2) is 6.10 Å². The van der Waals surface area contributed by atoms with E-state index in [-0.39, 0.29) is 5.82 Å². The topological polar surface area (TPSA) is 35.2 Å². The first kappa shape index (κ1) is 12.4. The number of benzene rings is 1. The lowest BCUT2D eigenvalue weighted by Crippen LogP contribution is -2.21. The van der Waals surface area contributed by atoms with Crippen LogP contribution in [0.2, 0.25) is 0 Å². The molecule has 0 spiro atoms. The maximum absolute atomic E-state index is 13.1. The van der Waals surface area contributed by atoms with Crippen molar-refractivity contribution in [3.05, 3.63) is 29.6 Å². The summed E-state index contributed by atoms with van der Waals surface area (Å²) < 4.78 is 18.9. The monoisotopic (exact) mass is 237 g/mol. The molecule has 1 aliphatic carbocycles. The SMILES string of the molecule is CC1CCCC(OCc2cc(N)cc(F)c2)C1. The third-order valence-corrected chi connectivity index (χ3v) is 3.35. The minimum absolute atomic E-state index is 0.291. The first-order chi connectivity index (χ1) is 8.13. The molecule has 0 radical (unpaired) electrons. The fourth-order valence-corrected chi connectivity index (χ4v) is 2.50. The van der Waals surface area contributed by atoms with E-state index in [0.717, 1.165) is 24.3 Å². The van der Waals surface area contributed by atoms with E-state index in [1.165, 1.54) is 25.0 Å². The number of nitrogen functional groups attached to an aromatic ring is 1. The molecule has 1 saturated carbocycles. The quantitative estimate of drug-likeness (QED) is 0.816. The van der Waals surface area contributed by atoms with Gasteiger partial charge >= 0.3 is 0 Å². The molecule has 1 aliphatic rings. The summed E-state index contributed by atoms with van der Waals surface area (Å²) in [5, 5.41) is 0. The molecule has 94 valence electrons. The maximum atomic E-state index is 13.1. The Balaban J connectivity index is 1.88. The largest absolute Gasteiger partial charge is 0.399 e. The maximum Gasteiger partial charge on any atom is 0.125 e. The number of anilines is 1.